The molecule has 2 heterocycles. The molecule has 1 aromatic heterocycles. The van der Waals surface area contributed by atoms with Gasteiger partial charge in [0.1, 0.15) is 11.0 Å². The largest absolute Gasteiger partial charge is 0.312 e. The molecule has 0 fully saturated rings. The number of halogens is 1. The zero-order valence-electron chi connectivity index (χ0n) is 10.8. The number of amides is 1. The first kappa shape index (κ1) is 13.1. The van der Waals surface area contributed by atoms with Gasteiger partial charge in [0, 0.05) is 13.1 Å². The van der Waals surface area contributed by atoms with Crippen molar-refractivity contribution >= 4 is 23.3 Å². The lowest BCUT2D eigenvalue weighted by Crippen LogP contribution is -2.35. The number of hydrogen-bond acceptors (Lipinski definition) is 3. The maximum atomic E-state index is 12.4. The molecule has 2 aromatic rings. The van der Waals surface area contributed by atoms with E-state index < -0.39 is 0 Å². The third-order valence-corrected chi connectivity index (χ3v) is 3.59. The number of carbonyl (C=O) groups excluding carboxylic acids is 1. The molecule has 5 heteroatoms. The van der Waals surface area contributed by atoms with Crippen molar-refractivity contribution in [2.45, 2.75) is 12.5 Å². The van der Waals surface area contributed by atoms with Crippen LogP contribution in [0.5, 0.6) is 0 Å². The summed E-state index contributed by atoms with van der Waals surface area (Å²) in [5, 5.41) is 6.45. The van der Waals surface area contributed by atoms with E-state index in [2.05, 4.69) is 15.6 Å². The van der Waals surface area contributed by atoms with Crippen molar-refractivity contribution in [1.29, 1.82) is 0 Å². The predicted molar refractivity (Wildman–Crippen MR) is 78.8 cm³/mol. The van der Waals surface area contributed by atoms with Crippen LogP contribution in [0, 0.1) is 0 Å². The fourth-order valence-electron chi connectivity index (χ4n) is 2.42. The highest BCUT2D eigenvalue weighted by atomic mass is 35.5. The number of nitrogens with one attached hydrogen (secondary N) is 2. The van der Waals surface area contributed by atoms with Crippen molar-refractivity contribution in [3.05, 3.63) is 58.7 Å². The molecule has 1 atom stereocenters. The molecule has 3 rings (SSSR count). The zero-order valence-corrected chi connectivity index (χ0v) is 11.5. The van der Waals surface area contributed by atoms with Crippen LogP contribution < -0.4 is 10.6 Å². The van der Waals surface area contributed by atoms with Crippen molar-refractivity contribution in [1.82, 2.24) is 10.3 Å². The van der Waals surface area contributed by atoms with Crippen LogP contribution in [0.3, 0.4) is 0 Å². The van der Waals surface area contributed by atoms with E-state index in [1.54, 1.807) is 18.2 Å². The topological polar surface area (TPSA) is 54.0 Å². The molecule has 1 aliphatic heterocycles. The Bertz CT molecular complexity index is 645. The number of carbonyl (C=O) groups is 1. The van der Waals surface area contributed by atoms with Crippen LogP contribution in [-0.4, -0.2) is 17.4 Å². The minimum atomic E-state index is -0.208. The Balaban J connectivity index is 1.82. The smallest absolute Gasteiger partial charge is 0.234 e. The zero-order chi connectivity index (χ0) is 13.9. The maximum Gasteiger partial charge on any atom is 0.234 e. The van der Waals surface area contributed by atoms with Gasteiger partial charge in [-0.2, -0.15) is 0 Å². The van der Waals surface area contributed by atoms with Gasteiger partial charge in [0.15, 0.2) is 0 Å². The number of aromatic nitrogens is 1. The second-order valence-electron chi connectivity index (χ2n) is 4.72. The molecule has 1 aromatic carbocycles. The normalized spacial score (nSPS) is 17.4. The minimum Gasteiger partial charge on any atom is -0.312 e. The molecule has 0 spiro atoms. The summed E-state index contributed by atoms with van der Waals surface area (Å²) in [6.07, 6.45) is 0. The lowest BCUT2D eigenvalue weighted by Gasteiger charge is -2.25. The van der Waals surface area contributed by atoms with E-state index in [-0.39, 0.29) is 11.8 Å². The number of pyridine rings is 1. The average molecular weight is 288 g/mol. The van der Waals surface area contributed by atoms with Crippen LogP contribution in [0.1, 0.15) is 17.0 Å². The monoisotopic (exact) mass is 287 g/mol. The highest BCUT2D eigenvalue weighted by molar-refractivity contribution is 6.29. The Kier molecular flexibility index (Phi) is 3.67. The van der Waals surface area contributed by atoms with Crippen LogP contribution in [-0.2, 0) is 11.3 Å². The molecule has 0 radical (unpaired) electrons. The molecular weight excluding hydrogens is 274 g/mol. The summed E-state index contributed by atoms with van der Waals surface area (Å²) in [4.78, 5) is 16.5. The second kappa shape index (κ2) is 5.61. The predicted octanol–water partition coefficient (Wildman–Crippen LogP) is 2.56. The van der Waals surface area contributed by atoms with Gasteiger partial charge in [0.05, 0.1) is 5.92 Å². The number of fused-ring (bicyclic) bond motifs is 1. The molecule has 1 unspecified atom stereocenters. The summed E-state index contributed by atoms with van der Waals surface area (Å²) >= 11 is 5.82. The third kappa shape index (κ3) is 2.66. The molecule has 0 saturated carbocycles. The van der Waals surface area contributed by atoms with Crippen LogP contribution >= 0.6 is 11.6 Å². The number of hydrogen-bond donors (Lipinski definition) is 2. The van der Waals surface area contributed by atoms with Gasteiger partial charge in [0.25, 0.3) is 0 Å². The second-order valence-corrected chi connectivity index (χ2v) is 5.10. The number of benzene rings is 1. The molecule has 20 heavy (non-hydrogen) atoms. The van der Waals surface area contributed by atoms with Crippen molar-refractivity contribution in [2.24, 2.45) is 0 Å². The van der Waals surface area contributed by atoms with E-state index in [1.807, 2.05) is 24.3 Å². The van der Waals surface area contributed by atoms with Gasteiger partial charge < -0.3 is 10.6 Å². The first-order valence-corrected chi connectivity index (χ1v) is 6.84. The van der Waals surface area contributed by atoms with Crippen molar-refractivity contribution < 1.29 is 4.79 Å². The molecule has 4 nitrogen and oxygen atoms in total. The number of anilines is 1. The van der Waals surface area contributed by atoms with Gasteiger partial charge in [-0.1, -0.05) is 41.9 Å². The Labute approximate surface area is 122 Å². The van der Waals surface area contributed by atoms with Crippen molar-refractivity contribution in [2.75, 3.05) is 11.9 Å². The standard InChI is InChI=1S/C15H14ClN3O/c16-13-6-3-7-14(18-13)19-15(20)12-9-17-8-10-4-1-2-5-11(10)12/h1-7,12,17H,8-9H2,(H,18,19,20). The molecule has 0 aliphatic carbocycles. The van der Waals surface area contributed by atoms with Crippen molar-refractivity contribution in [3.8, 4) is 0 Å². The fraction of sp³-hybridized carbons (Fsp3) is 0.200. The van der Waals surface area contributed by atoms with E-state index in [0.717, 1.165) is 17.7 Å². The van der Waals surface area contributed by atoms with E-state index in [0.29, 0.717) is 17.5 Å². The minimum absolute atomic E-state index is 0.0700. The molecule has 1 amide bonds. The molecule has 0 bridgehead atoms. The van der Waals surface area contributed by atoms with Gasteiger partial charge in [-0.05, 0) is 23.3 Å². The van der Waals surface area contributed by atoms with Gasteiger partial charge in [0.2, 0.25) is 5.91 Å². The van der Waals surface area contributed by atoms with Gasteiger partial charge in [-0.3, -0.25) is 4.79 Å². The Morgan fingerprint density at radius 1 is 1.25 bits per heavy atom. The lowest BCUT2D eigenvalue weighted by atomic mass is 9.90. The summed E-state index contributed by atoms with van der Waals surface area (Å²) < 4.78 is 0. The fourth-order valence-corrected chi connectivity index (χ4v) is 2.59. The summed E-state index contributed by atoms with van der Waals surface area (Å²) in [6.45, 7) is 1.43. The SMILES string of the molecule is O=C(Nc1cccc(Cl)n1)C1CNCc2ccccc21. The van der Waals surface area contributed by atoms with Crippen LogP contribution in [0.25, 0.3) is 0 Å². The van der Waals surface area contributed by atoms with E-state index in [9.17, 15) is 4.79 Å². The summed E-state index contributed by atoms with van der Waals surface area (Å²) in [5.41, 5.74) is 2.24. The molecule has 1 aliphatic rings. The van der Waals surface area contributed by atoms with Crippen LogP contribution in [0.15, 0.2) is 42.5 Å². The summed E-state index contributed by atoms with van der Waals surface area (Å²) in [5.74, 6) is 0.200. The molecule has 0 saturated heterocycles. The molecule has 2 N–H and O–H groups in total. The van der Waals surface area contributed by atoms with Gasteiger partial charge in [-0.25, -0.2) is 4.98 Å². The average Bonchev–Trinajstić information content (AvgIpc) is 2.46. The summed E-state index contributed by atoms with van der Waals surface area (Å²) in [7, 11) is 0. The van der Waals surface area contributed by atoms with Crippen LogP contribution in [0.4, 0.5) is 5.82 Å². The van der Waals surface area contributed by atoms with E-state index in [1.165, 1.54) is 0 Å². The van der Waals surface area contributed by atoms with E-state index >= 15 is 0 Å². The van der Waals surface area contributed by atoms with Gasteiger partial charge in [-0.15, -0.1) is 0 Å². The number of rotatable bonds is 2. The maximum absolute atomic E-state index is 12.4. The van der Waals surface area contributed by atoms with E-state index in [4.69, 9.17) is 11.6 Å². The number of nitrogens with zero attached hydrogens (tertiary/aromatic N) is 1. The van der Waals surface area contributed by atoms with Crippen LogP contribution in [0.2, 0.25) is 5.15 Å². The Hall–Kier alpha value is -1.91. The molecule has 102 valence electrons. The first-order valence-electron chi connectivity index (χ1n) is 6.46. The van der Waals surface area contributed by atoms with Gasteiger partial charge >= 0.3 is 0 Å². The quantitative estimate of drug-likeness (QED) is 0.835. The van der Waals surface area contributed by atoms with Crippen molar-refractivity contribution in [3.63, 3.8) is 0 Å². The highest BCUT2D eigenvalue weighted by Crippen LogP contribution is 2.25. The first-order chi connectivity index (χ1) is 9.74. The highest BCUT2D eigenvalue weighted by Gasteiger charge is 2.26. The molecular formula is C15H14ClN3O. The Morgan fingerprint density at radius 3 is 2.95 bits per heavy atom. The lowest BCUT2D eigenvalue weighted by molar-refractivity contribution is -0.117. The Morgan fingerprint density at radius 2 is 2.10 bits per heavy atom. The summed E-state index contributed by atoms with van der Waals surface area (Å²) in [6, 6.07) is 13.2. The third-order valence-electron chi connectivity index (χ3n) is 3.38.